The monoisotopic (exact) mass is 340 g/mol. The number of carbonyl (C=O) groups excluding carboxylic acids is 1. The Labute approximate surface area is 150 Å². The number of benzene rings is 2. The van der Waals surface area contributed by atoms with E-state index >= 15 is 0 Å². The van der Waals surface area contributed by atoms with E-state index in [2.05, 4.69) is 27.6 Å². The fraction of sp³-hybridized carbons (Fsp3) is 0. The number of anilines is 1. The van der Waals surface area contributed by atoms with Crippen LogP contribution >= 0.6 is 0 Å². The van der Waals surface area contributed by atoms with Gasteiger partial charge in [-0.15, -0.1) is 10.2 Å². The molecule has 0 spiro atoms. The zero-order chi connectivity index (χ0) is 17.8. The highest BCUT2D eigenvalue weighted by Gasteiger charge is 2.01. The molecule has 5 heteroatoms. The molecule has 0 atom stereocenters. The van der Waals surface area contributed by atoms with E-state index in [-0.39, 0.29) is 5.91 Å². The van der Waals surface area contributed by atoms with Crippen LogP contribution in [0.1, 0.15) is 5.56 Å². The predicted molar refractivity (Wildman–Crippen MR) is 103 cm³/mol. The molecule has 0 bridgehead atoms. The van der Waals surface area contributed by atoms with Crippen molar-refractivity contribution in [2.24, 2.45) is 0 Å². The summed E-state index contributed by atoms with van der Waals surface area (Å²) in [6, 6.07) is 21.9. The smallest absolute Gasteiger partial charge is 0.248 e. The van der Waals surface area contributed by atoms with Gasteiger partial charge in [0, 0.05) is 12.3 Å². The van der Waals surface area contributed by atoms with Crippen LogP contribution in [0.2, 0.25) is 0 Å². The number of aromatic nitrogens is 3. The molecule has 0 radical (unpaired) electrons. The maximum Gasteiger partial charge on any atom is 0.248 e. The molecule has 2 aromatic carbocycles. The van der Waals surface area contributed by atoms with Crippen molar-refractivity contribution in [3.63, 3.8) is 0 Å². The van der Waals surface area contributed by atoms with Gasteiger partial charge >= 0.3 is 0 Å². The number of nitrogens with zero attached hydrogens (tertiary/aromatic N) is 3. The molecule has 2 heterocycles. The molecule has 2 aromatic heterocycles. The molecule has 126 valence electrons. The van der Waals surface area contributed by atoms with Gasteiger partial charge in [-0.25, -0.2) is 0 Å². The lowest BCUT2D eigenvalue weighted by Crippen LogP contribution is -2.08. The van der Waals surface area contributed by atoms with Crippen molar-refractivity contribution in [3.8, 4) is 11.1 Å². The van der Waals surface area contributed by atoms with E-state index in [1.807, 2.05) is 42.5 Å². The predicted octanol–water partition coefficient (Wildman–Crippen LogP) is 4.05. The number of rotatable bonds is 4. The summed E-state index contributed by atoms with van der Waals surface area (Å²) in [6.45, 7) is 0. The van der Waals surface area contributed by atoms with E-state index in [9.17, 15) is 4.79 Å². The molecular formula is C21H16N4O. The van der Waals surface area contributed by atoms with E-state index in [1.165, 1.54) is 11.6 Å². The van der Waals surface area contributed by atoms with Crippen molar-refractivity contribution in [1.29, 1.82) is 0 Å². The lowest BCUT2D eigenvalue weighted by atomic mass is 10.0. The van der Waals surface area contributed by atoms with Crippen molar-refractivity contribution >= 4 is 23.3 Å². The normalized spacial score (nSPS) is 11.1. The van der Waals surface area contributed by atoms with Crippen molar-refractivity contribution in [2.45, 2.75) is 0 Å². The van der Waals surface area contributed by atoms with E-state index < -0.39 is 0 Å². The standard InChI is InChI=1S/C21H16N4O/c26-21(23-19-11-12-20-24-22-15-25(20)14-19)13-8-16-6-9-18(10-7-16)17-4-2-1-3-5-17/h1-15H,(H,23,26)/b13-8+. The van der Waals surface area contributed by atoms with Gasteiger partial charge in [0.05, 0.1) is 5.69 Å². The van der Waals surface area contributed by atoms with Crippen LogP contribution in [0.4, 0.5) is 5.69 Å². The molecule has 0 aliphatic rings. The largest absolute Gasteiger partial charge is 0.321 e. The first-order valence-electron chi connectivity index (χ1n) is 8.22. The lowest BCUT2D eigenvalue weighted by molar-refractivity contribution is -0.111. The number of nitrogens with one attached hydrogen (secondary N) is 1. The highest BCUT2D eigenvalue weighted by molar-refractivity contribution is 6.01. The Morgan fingerprint density at radius 2 is 1.69 bits per heavy atom. The third kappa shape index (κ3) is 3.52. The molecule has 26 heavy (non-hydrogen) atoms. The maximum atomic E-state index is 12.1. The summed E-state index contributed by atoms with van der Waals surface area (Å²) < 4.78 is 1.75. The van der Waals surface area contributed by atoms with Crippen LogP contribution in [0.3, 0.4) is 0 Å². The van der Waals surface area contributed by atoms with Crippen LogP contribution < -0.4 is 5.32 Å². The van der Waals surface area contributed by atoms with E-state index in [1.54, 1.807) is 35.1 Å². The second-order valence-corrected chi connectivity index (χ2v) is 5.82. The summed E-state index contributed by atoms with van der Waals surface area (Å²) in [6.07, 6.45) is 6.68. The fourth-order valence-electron chi connectivity index (χ4n) is 2.67. The number of hydrogen-bond donors (Lipinski definition) is 1. The Balaban J connectivity index is 1.43. The Bertz CT molecular complexity index is 1070. The first-order chi connectivity index (χ1) is 12.8. The van der Waals surface area contributed by atoms with Gasteiger partial charge in [-0.1, -0.05) is 54.6 Å². The van der Waals surface area contributed by atoms with Crippen LogP contribution in [0.15, 0.2) is 85.3 Å². The average molecular weight is 340 g/mol. The molecule has 0 aliphatic heterocycles. The molecular weight excluding hydrogens is 324 g/mol. The molecule has 0 aliphatic carbocycles. The van der Waals surface area contributed by atoms with Gasteiger partial charge in [0.1, 0.15) is 6.33 Å². The van der Waals surface area contributed by atoms with Crippen LogP contribution in [0.25, 0.3) is 22.9 Å². The van der Waals surface area contributed by atoms with Crippen LogP contribution in [0.5, 0.6) is 0 Å². The van der Waals surface area contributed by atoms with E-state index in [4.69, 9.17) is 0 Å². The molecule has 0 fully saturated rings. The number of carbonyl (C=O) groups is 1. The first-order valence-corrected chi connectivity index (χ1v) is 8.22. The van der Waals surface area contributed by atoms with Crippen molar-refractivity contribution in [1.82, 2.24) is 14.6 Å². The highest BCUT2D eigenvalue weighted by Crippen LogP contribution is 2.19. The molecule has 0 saturated heterocycles. The van der Waals surface area contributed by atoms with Crippen molar-refractivity contribution in [3.05, 3.63) is 90.9 Å². The summed E-state index contributed by atoms with van der Waals surface area (Å²) in [5.41, 5.74) is 4.71. The summed E-state index contributed by atoms with van der Waals surface area (Å²) in [4.78, 5) is 12.1. The third-order valence-corrected chi connectivity index (χ3v) is 4.00. The quantitative estimate of drug-likeness (QED) is 0.570. The SMILES string of the molecule is O=C(/C=C/c1ccc(-c2ccccc2)cc1)Nc1ccc2nncn2c1. The Kier molecular flexibility index (Phi) is 4.26. The van der Waals surface area contributed by atoms with Gasteiger partial charge in [0.25, 0.3) is 0 Å². The second kappa shape index (κ2) is 7.03. The highest BCUT2D eigenvalue weighted by atomic mass is 16.1. The molecule has 1 amide bonds. The average Bonchev–Trinajstić information content (AvgIpc) is 3.15. The zero-order valence-electron chi connectivity index (χ0n) is 13.9. The second-order valence-electron chi connectivity index (χ2n) is 5.82. The molecule has 0 saturated carbocycles. The molecule has 4 aromatic rings. The van der Waals surface area contributed by atoms with Gasteiger partial charge in [0.15, 0.2) is 5.65 Å². The maximum absolute atomic E-state index is 12.1. The van der Waals surface area contributed by atoms with E-state index in [0.29, 0.717) is 5.69 Å². The van der Waals surface area contributed by atoms with Gasteiger partial charge in [0.2, 0.25) is 5.91 Å². The zero-order valence-corrected chi connectivity index (χ0v) is 13.9. The molecule has 0 unspecified atom stereocenters. The lowest BCUT2D eigenvalue weighted by Gasteiger charge is -2.03. The Hall–Kier alpha value is -3.73. The minimum absolute atomic E-state index is 0.190. The van der Waals surface area contributed by atoms with Crippen LogP contribution in [0, 0.1) is 0 Å². The van der Waals surface area contributed by atoms with Gasteiger partial charge in [-0.3, -0.25) is 9.20 Å². The van der Waals surface area contributed by atoms with E-state index in [0.717, 1.165) is 16.8 Å². The minimum Gasteiger partial charge on any atom is -0.321 e. The Morgan fingerprint density at radius 1 is 0.923 bits per heavy atom. The van der Waals surface area contributed by atoms with Crippen molar-refractivity contribution < 1.29 is 4.79 Å². The van der Waals surface area contributed by atoms with Gasteiger partial charge < -0.3 is 5.32 Å². The topological polar surface area (TPSA) is 59.3 Å². The first kappa shape index (κ1) is 15.8. The fourth-order valence-corrected chi connectivity index (χ4v) is 2.67. The van der Waals surface area contributed by atoms with Crippen LogP contribution in [-0.2, 0) is 4.79 Å². The molecule has 4 rings (SSSR count). The number of pyridine rings is 1. The summed E-state index contributed by atoms with van der Waals surface area (Å²) >= 11 is 0. The summed E-state index contributed by atoms with van der Waals surface area (Å²) in [5.74, 6) is -0.190. The molecule has 5 nitrogen and oxygen atoms in total. The summed E-state index contributed by atoms with van der Waals surface area (Å²) in [5, 5.41) is 10.6. The number of hydrogen-bond acceptors (Lipinski definition) is 3. The minimum atomic E-state index is -0.190. The summed E-state index contributed by atoms with van der Waals surface area (Å²) in [7, 11) is 0. The third-order valence-electron chi connectivity index (χ3n) is 4.00. The van der Waals surface area contributed by atoms with Gasteiger partial charge in [-0.05, 0) is 34.9 Å². The Morgan fingerprint density at radius 3 is 2.50 bits per heavy atom. The number of amides is 1. The van der Waals surface area contributed by atoms with Crippen LogP contribution in [-0.4, -0.2) is 20.5 Å². The van der Waals surface area contributed by atoms with Gasteiger partial charge in [-0.2, -0.15) is 0 Å². The van der Waals surface area contributed by atoms with Crippen molar-refractivity contribution in [2.75, 3.05) is 5.32 Å². The number of fused-ring (bicyclic) bond motifs is 1. The molecule has 1 N–H and O–H groups in total.